The van der Waals surface area contributed by atoms with Crippen LogP contribution in [0, 0.1) is 5.41 Å². The second kappa shape index (κ2) is 6.33. The number of rotatable bonds is 5. The van der Waals surface area contributed by atoms with E-state index >= 15 is 0 Å². The van der Waals surface area contributed by atoms with Crippen LogP contribution in [0.15, 0.2) is 53.6 Å². The minimum Gasteiger partial charge on any atom is -0.469 e. The fraction of sp³-hybridized carbons (Fsp3) is 0.360. The fourth-order valence-electron chi connectivity index (χ4n) is 5.09. The van der Waals surface area contributed by atoms with Crippen molar-refractivity contribution in [1.82, 2.24) is 4.98 Å². The Bertz CT molecular complexity index is 1140. The van der Waals surface area contributed by atoms with Crippen LogP contribution >= 0.6 is 11.8 Å². The first kappa shape index (κ1) is 17.5. The number of thioether (sulfide) groups is 1. The second-order valence-electron chi connectivity index (χ2n) is 8.74. The van der Waals surface area contributed by atoms with Crippen LogP contribution in [0.5, 0.6) is 0 Å². The van der Waals surface area contributed by atoms with Crippen LogP contribution in [0.1, 0.15) is 53.5 Å². The number of fused-ring (bicyclic) bond motifs is 4. The molecule has 0 radical (unpaired) electrons. The lowest BCUT2D eigenvalue weighted by Crippen LogP contribution is -2.18. The maximum atomic E-state index is 12.5. The van der Waals surface area contributed by atoms with Crippen molar-refractivity contribution in [1.29, 1.82) is 0 Å². The lowest BCUT2D eigenvalue weighted by Gasteiger charge is -2.15. The van der Waals surface area contributed by atoms with E-state index in [0.717, 1.165) is 18.6 Å². The lowest BCUT2D eigenvalue weighted by molar-refractivity contribution is -0.147. The van der Waals surface area contributed by atoms with Crippen molar-refractivity contribution < 1.29 is 9.53 Å². The summed E-state index contributed by atoms with van der Waals surface area (Å²) in [6.45, 7) is 0. The van der Waals surface area contributed by atoms with Crippen molar-refractivity contribution in [2.24, 2.45) is 5.41 Å². The number of esters is 1. The molecule has 3 aromatic rings. The first-order valence-electron chi connectivity index (χ1n) is 10.4. The summed E-state index contributed by atoms with van der Waals surface area (Å²) in [5, 5.41) is 2.51. The third-order valence-electron chi connectivity index (χ3n) is 6.86. The molecule has 0 bridgehead atoms. The summed E-state index contributed by atoms with van der Waals surface area (Å²) >= 11 is 1.92. The predicted molar refractivity (Wildman–Crippen MR) is 115 cm³/mol. The molecule has 0 saturated heterocycles. The summed E-state index contributed by atoms with van der Waals surface area (Å²) in [4.78, 5) is 18.7. The Hall–Kier alpha value is -2.33. The lowest BCUT2D eigenvalue weighted by atomic mass is 9.98. The van der Waals surface area contributed by atoms with Gasteiger partial charge in [-0.2, -0.15) is 0 Å². The molecule has 1 aromatic heterocycles. The standard InChI is InChI=1S/C25H23NO2S/c1-28-24(27)25-11-17-9-18-13-26-21(16-7-8-16)10-19(18)23(22(17)20(25)12-25)29-14-15-5-3-2-4-6-15/h2-6,9-10,13,16,20H,7-8,11-12,14H2,1H3. The van der Waals surface area contributed by atoms with E-state index in [2.05, 4.69) is 42.5 Å². The molecule has 2 fully saturated rings. The van der Waals surface area contributed by atoms with E-state index in [0.29, 0.717) is 11.8 Å². The second-order valence-corrected chi connectivity index (χ2v) is 9.72. The molecular formula is C25H23NO2S. The molecule has 2 atom stereocenters. The van der Waals surface area contributed by atoms with Gasteiger partial charge in [0.05, 0.1) is 12.5 Å². The van der Waals surface area contributed by atoms with Crippen molar-refractivity contribution in [3.05, 3.63) is 71.0 Å². The van der Waals surface area contributed by atoms with E-state index in [1.165, 1.54) is 58.0 Å². The van der Waals surface area contributed by atoms with Crippen molar-refractivity contribution >= 4 is 28.5 Å². The summed E-state index contributed by atoms with van der Waals surface area (Å²) in [7, 11) is 1.52. The van der Waals surface area contributed by atoms with Gasteiger partial charge in [-0.1, -0.05) is 30.3 Å². The van der Waals surface area contributed by atoms with E-state index in [1.54, 1.807) is 0 Å². The first-order valence-corrected chi connectivity index (χ1v) is 11.4. The van der Waals surface area contributed by atoms with E-state index in [4.69, 9.17) is 9.72 Å². The Labute approximate surface area is 174 Å². The van der Waals surface area contributed by atoms with Crippen molar-refractivity contribution in [3.63, 3.8) is 0 Å². The number of nitrogens with zero attached hydrogens (tertiary/aromatic N) is 1. The molecule has 3 aliphatic carbocycles. The molecule has 3 nitrogen and oxygen atoms in total. The average molecular weight is 402 g/mol. The molecule has 0 spiro atoms. The van der Waals surface area contributed by atoms with E-state index < -0.39 is 0 Å². The van der Waals surface area contributed by atoms with Gasteiger partial charge in [-0.15, -0.1) is 11.8 Å². The molecule has 0 aliphatic heterocycles. The molecule has 0 amide bonds. The molecule has 2 unspecified atom stereocenters. The molecule has 1 heterocycles. The van der Waals surface area contributed by atoms with Gasteiger partial charge in [-0.3, -0.25) is 9.78 Å². The van der Waals surface area contributed by atoms with Gasteiger partial charge in [0.15, 0.2) is 0 Å². The summed E-state index contributed by atoms with van der Waals surface area (Å²) in [6, 6.07) is 15.2. The van der Waals surface area contributed by atoms with Crippen LogP contribution in [0.2, 0.25) is 0 Å². The SMILES string of the molecule is COC(=O)C12Cc3cc4cnc(C5CC5)cc4c(SCc4ccccc4)c3C1C2. The van der Waals surface area contributed by atoms with Crippen LogP contribution in [0.4, 0.5) is 0 Å². The van der Waals surface area contributed by atoms with Gasteiger partial charge in [0.1, 0.15) is 0 Å². The van der Waals surface area contributed by atoms with Gasteiger partial charge < -0.3 is 4.74 Å². The van der Waals surface area contributed by atoms with E-state index in [9.17, 15) is 4.79 Å². The maximum absolute atomic E-state index is 12.5. The quantitative estimate of drug-likeness (QED) is 0.412. The van der Waals surface area contributed by atoms with Crippen molar-refractivity contribution in [2.45, 2.75) is 48.2 Å². The number of benzene rings is 2. The zero-order valence-corrected chi connectivity index (χ0v) is 17.3. The van der Waals surface area contributed by atoms with Crippen LogP contribution in [0.3, 0.4) is 0 Å². The minimum atomic E-state index is -0.316. The highest BCUT2D eigenvalue weighted by atomic mass is 32.2. The summed E-state index contributed by atoms with van der Waals surface area (Å²) in [5.74, 6) is 1.84. The number of carbonyl (C=O) groups excluding carboxylic acids is 1. The highest BCUT2D eigenvalue weighted by molar-refractivity contribution is 7.98. The normalized spacial score (nSPS) is 24.2. The molecule has 4 heteroatoms. The van der Waals surface area contributed by atoms with E-state index in [-0.39, 0.29) is 11.4 Å². The number of ether oxygens (including phenoxy) is 1. The number of hydrogen-bond acceptors (Lipinski definition) is 4. The summed E-state index contributed by atoms with van der Waals surface area (Å²) < 4.78 is 5.18. The monoisotopic (exact) mass is 401 g/mol. The zero-order valence-electron chi connectivity index (χ0n) is 16.5. The highest BCUT2D eigenvalue weighted by Gasteiger charge is 2.66. The van der Waals surface area contributed by atoms with Gasteiger partial charge in [-0.05, 0) is 59.9 Å². The molecule has 6 rings (SSSR count). The van der Waals surface area contributed by atoms with Crippen molar-refractivity contribution in [3.8, 4) is 0 Å². The Balaban J connectivity index is 1.47. The molecular weight excluding hydrogens is 378 g/mol. The van der Waals surface area contributed by atoms with Gasteiger partial charge in [-0.25, -0.2) is 0 Å². The third kappa shape index (κ3) is 2.72. The zero-order chi connectivity index (χ0) is 19.6. The number of aromatic nitrogens is 1. The van der Waals surface area contributed by atoms with Gasteiger partial charge in [0.25, 0.3) is 0 Å². The topological polar surface area (TPSA) is 39.2 Å². The highest BCUT2D eigenvalue weighted by Crippen LogP contribution is 2.69. The number of hydrogen-bond donors (Lipinski definition) is 0. The Morgan fingerprint density at radius 3 is 2.83 bits per heavy atom. The minimum absolute atomic E-state index is 0.0430. The third-order valence-corrected chi connectivity index (χ3v) is 8.07. The number of pyridine rings is 1. The average Bonchev–Trinajstić information content (AvgIpc) is 3.68. The van der Waals surface area contributed by atoms with Crippen molar-refractivity contribution in [2.75, 3.05) is 7.11 Å². The Morgan fingerprint density at radius 2 is 2.07 bits per heavy atom. The molecule has 29 heavy (non-hydrogen) atoms. The first-order chi connectivity index (χ1) is 14.2. The molecule has 3 aliphatic rings. The van der Waals surface area contributed by atoms with Gasteiger partial charge in [0.2, 0.25) is 0 Å². The fourth-order valence-corrected chi connectivity index (χ4v) is 6.35. The molecule has 2 aromatic carbocycles. The predicted octanol–water partition coefficient (Wildman–Crippen LogP) is 5.61. The molecule has 0 N–H and O–H groups in total. The molecule has 2 saturated carbocycles. The largest absolute Gasteiger partial charge is 0.469 e. The Kier molecular flexibility index (Phi) is 3.83. The number of methoxy groups -OCH3 is 1. The maximum Gasteiger partial charge on any atom is 0.312 e. The van der Waals surface area contributed by atoms with Gasteiger partial charge in [0, 0.05) is 39.8 Å². The smallest absolute Gasteiger partial charge is 0.312 e. The summed E-state index contributed by atoms with van der Waals surface area (Å²) in [5.41, 5.74) is 4.95. The Morgan fingerprint density at radius 1 is 1.24 bits per heavy atom. The van der Waals surface area contributed by atoms with Gasteiger partial charge >= 0.3 is 5.97 Å². The molecule has 146 valence electrons. The van der Waals surface area contributed by atoms with Crippen LogP contribution in [0.25, 0.3) is 10.8 Å². The van der Waals surface area contributed by atoms with Crippen LogP contribution < -0.4 is 0 Å². The number of carbonyl (C=O) groups is 1. The van der Waals surface area contributed by atoms with Crippen LogP contribution in [-0.4, -0.2) is 18.1 Å². The summed E-state index contributed by atoms with van der Waals surface area (Å²) in [6.07, 6.45) is 6.29. The van der Waals surface area contributed by atoms with E-state index in [1.807, 2.05) is 18.0 Å². The van der Waals surface area contributed by atoms with Crippen LogP contribution in [-0.2, 0) is 21.7 Å².